The maximum atomic E-state index is 12.8. The number of carbonyl (C=O) groups is 8. The molecule has 0 saturated carbocycles. The summed E-state index contributed by atoms with van der Waals surface area (Å²) in [6.07, 6.45) is -13.5. The summed E-state index contributed by atoms with van der Waals surface area (Å²) in [5, 5.41) is 26.9. The number of nitrogens with one attached hydrogen (secondary N) is 2. The number of hydrogen-bond acceptors (Lipinski definition) is 25. The van der Waals surface area contributed by atoms with Crippen molar-refractivity contribution >= 4 is 53.3 Å². The molecule has 400 valence electrons. The highest BCUT2D eigenvalue weighted by Crippen LogP contribution is 2.29. The van der Waals surface area contributed by atoms with Gasteiger partial charge in [-0.3, -0.25) is 38.4 Å². The molecule has 10 atom stereocenters. The predicted molar refractivity (Wildman–Crippen MR) is 236 cm³/mol. The number of rotatable bonds is 30. The second-order valence-corrected chi connectivity index (χ2v) is 15.5. The quantitative estimate of drug-likeness (QED) is 0.0237. The Hall–Kier alpha value is -5.62. The number of benzene rings is 1. The zero-order chi connectivity index (χ0) is 52.5. The maximum absolute atomic E-state index is 12.8. The minimum atomic E-state index is -1.57. The van der Waals surface area contributed by atoms with Gasteiger partial charge in [0, 0.05) is 71.4 Å². The molecular formula is C44H65N3O24. The Morgan fingerprint density at radius 1 is 0.479 bits per heavy atom. The summed E-state index contributed by atoms with van der Waals surface area (Å²) >= 11 is 0. The molecule has 0 unspecified atom stereocenters. The van der Waals surface area contributed by atoms with Crippen LogP contribution in [0.2, 0.25) is 0 Å². The lowest BCUT2D eigenvalue weighted by atomic mass is 9.98. The molecule has 0 aromatic heterocycles. The van der Waals surface area contributed by atoms with Crippen molar-refractivity contribution in [3.8, 4) is 0 Å². The number of amides is 2. The molecule has 2 aliphatic rings. The summed E-state index contributed by atoms with van der Waals surface area (Å²) in [4.78, 5) is 95.5. The van der Waals surface area contributed by atoms with Crippen molar-refractivity contribution in [1.29, 1.82) is 0 Å². The number of nitrogen functional groups attached to an aromatic ring is 1. The highest BCUT2D eigenvalue weighted by Gasteiger charge is 2.51. The molecule has 6 N–H and O–H groups in total. The van der Waals surface area contributed by atoms with E-state index in [1.54, 1.807) is 0 Å². The minimum absolute atomic E-state index is 0.0237. The van der Waals surface area contributed by atoms with E-state index in [1.807, 2.05) is 0 Å². The number of carbonyl (C=O) groups excluding carboxylic acids is 8. The molecule has 1 aromatic rings. The van der Waals surface area contributed by atoms with Crippen LogP contribution in [-0.2, 0) is 95.1 Å². The van der Waals surface area contributed by atoms with Crippen LogP contribution in [0.1, 0.15) is 62.3 Å². The Labute approximate surface area is 408 Å². The molecule has 0 spiro atoms. The summed E-state index contributed by atoms with van der Waals surface area (Å²) in [5.41, 5.74) is 6.44. The van der Waals surface area contributed by atoms with Crippen molar-refractivity contribution in [2.24, 2.45) is 0 Å². The van der Waals surface area contributed by atoms with E-state index in [9.17, 15) is 48.6 Å². The smallest absolute Gasteiger partial charge is 0.303 e. The Morgan fingerprint density at radius 3 is 1.32 bits per heavy atom. The topological polar surface area (TPSA) is 356 Å². The number of aliphatic hydroxyl groups excluding tert-OH is 2. The van der Waals surface area contributed by atoms with Gasteiger partial charge < -0.3 is 92.9 Å². The summed E-state index contributed by atoms with van der Waals surface area (Å²) in [7, 11) is 0. The number of anilines is 1. The van der Waals surface area contributed by atoms with E-state index in [1.165, 1.54) is 18.2 Å². The number of ether oxygens (including phenoxy) is 14. The lowest BCUT2D eigenvalue weighted by Gasteiger charge is -2.42. The Bertz CT molecular complexity index is 1900. The molecule has 3 rings (SSSR count). The van der Waals surface area contributed by atoms with Gasteiger partial charge in [-0.25, -0.2) is 0 Å². The largest absolute Gasteiger partial charge is 0.463 e. The maximum Gasteiger partial charge on any atom is 0.303 e. The van der Waals surface area contributed by atoms with Crippen molar-refractivity contribution in [3.05, 3.63) is 29.3 Å². The minimum Gasteiger partial charge on any atom is -0.463 e. The molecule has 2 aliphatic heterocycles. The van der Waals surface area contributed by atoms with E-state index in [4.69, 9.17) is 72.0 Å². The van der Waals surface area contributed by atoms with Crippen LogP contribution in [-0.4, -0.2) is 212 Å². The number of hydrogen-bond donors (Lipinski definition) is 5. The molecule has 0 bridgehead atoms. The highest BCUT2D eigenvalue weighted by atomic mass is 16.7. The van der Waals surface area contributed by atoms with Gasteiger partial charge >= 0.3 is 35.8 Å². The van der Waals surface area contributed by atoms with Crippen molar-refractivity contribution in [2.45, 2.75) is 103 Å². The van der Waals surface area contributed by atoms with Gasteiger partial charge in [0.1, 0.15) is 37.6 Å². The highest BCUT2D eigenvalue weighted by molar-refractivity contribution is 6.01. The normalized spacial score (nSPS) is 23.9. The fourth-order valence-electron chi connectivity index (χ4n) is 6.71. The number of aliphatic hydroxyl groups is 2. The number of nitrogens with two attached hydrogens (primary N) is 1. The Balaban J connectivity index is 1.30. The number of esters is 6. The summed E-state index contributed by atoms with van der Waals surface area (Å²) in [5.74, 6) is -5.32. The van der Waals surface area contributed by atoms with Crippen LogP contribution >= 0.6 is 0 Å². The van der Waals surface area contributed by atoms with Gasteiger partial charge in [0.25, 0.3) is 11.8 Å². The van der Waals surface area contributed by atoms with E-state index in [-0.39, 0.29) is 109 Å². The first-order valence-corrected chi connectivity index (χ1v) is 22.4. The molecule has 27 nitrogen and oxygen atoms in total. The standard InChI is InChI=1S/C44H65N3O24/c1-24(48)64-22-33-35(54)38(67-27(4)51)40(69-29(6)53)44(70-33)63-18-16-61-14-12-59-10-8-47-42(57)31-19-30(20-32(45)21-31)41(56)46-7-9-58-11-13-60-15-17-62-43-36(55)39(68-28(5)52)37(66-26(3)50)34(71-43)23-65-25(2)49/h19-21,33-40,43-44,54-55H,7-18,22-23,45H2,1-6H3,(H,46,56)(H,47,57)/t33-,34-,35-,36+,37-,38+,39-,40+,43+,44+/m1/s1. The van der Waals surface area contributed by atoms with E-state index in [0.29, 0.717) is 0 Å². The second-order valence-electron chi connectivity index (χ2n) is 15.5. The van der Waals surface area contributed by atoms with Crippen LogP contribution in [0.5, 0.6) is 0 Å². The molecule has 0 radical (unpaired) electrons. The molecule has 2 fully saturated rings. The van der Waals surface area contributed by atoms with Gasteiger partial charge in [0.15, 0.2) is 37.0 Å². The third-order valence-corrected chi connectivity index (χ3v) is 9.65. The Kier molecular flexibility index (Phi) is 26.6. The van der Waals surface area contributed by atoms with E-state index in [2.05, 4.69) is 10.6 Å². The predicted octanol–water partition coefficient (Wildman–Crippen LogP) is -2.15. The molecule has 2 saturated heterocycles. The molecule has 27 heteroatoms. The average molecular weight is 1020 g/mol. The monoisotopic (exact) mass is 1020 g/mol. The van der Waals surface area contributed by atoms with Crippen molar-refractivity contribution < 1.29 is 115 Å². The first-order valence-electron chi connectivity index (χ1n) is 22.4. The average Bonchev–Trinajstić information content (AvgIpc) is 3.29. The fraction of sp³-hybridized carbons (Fsp3) is 0.682. The van der Waals surface area contributed by atoms with Gasteiger partial charge in [-0.15, -0.1) is 0 Å². The van der Waals surface area contributed by atoms with E-state index < -0.39 is 109 Å². The zero-order valence-corrected chi connectivity index (χ0v) is 40.4. The van der Waals surface area contributed by atoms with Crippen LogP contribution in [0, 0.1) is 0 Å². The van der Waals surface area contributed by atoms with Crippen molar-refractivity contribution in [2.75, 3.05) is 98.1 Å². The Morgan fingerprint density at radius 2 is 0.859 bits per heavy atom. The lowest BCUT2D eigenvalue weighted by Crippen LogP contribution is -2.62. The van der Waals surface area contributed by atoms with Gasteiger partial charge in [-0.1, -0.05) is 0 Å². The van der Waals surface area contributed by atoms with Crippen LogP contribution in [0.3, 0.4) is 0 Å². The molecule has 2 amide bonds. The third-order valence-electron chi connectivity index (χ3n) is 9.65. The van der Waals surface area contributed by atoms with Crippen molar-refractivity contribution in [1.82, 2.24) is 10.6 Å². The summed E-state index contributed by atoms with van der Waals surface area (Å²) < 4.78 is 75.5. The van der Waals surface area contributed by atoms with Crippen LogP contribution in [0.25, 0.3) is 0 Å². The summed E-state index contributed by atoms with van der Waals surface area (Å²) in [6.45, 7) is 6.87. The summed E-state index contributed by atoms with van der Waals surface area (Å²) in [6, 6.07) is 4.21. The van der Waals surface area contributed by atoms with Gasteiger partial charge in [0.05, 0.1) is 66.1 Å². The fourth-order valence-corrected chi connectivity index (χ4v) is 6.71. The lowest BCUT2D eigenvalue weighted by molar-refractivity contribution is -0.307. The molecule has 0 aliphatic carbocycles. The van der Waals surface area contributed by atoms with Gasteiger partial charge in [-0.05, 0) is 18.2 Å². The first-order chi connectivity index (χ1) is 33.8. The molecule has 71 heavy (non-hydrogen) atoms. The molecule has 1 aromatic carbocycles. The van der Waals surface area contributed by atoms with E-state index >= 15 is 0 Å². The van der Waals surface area contributed by atoms with Crippen molar-refractivity contribution in [3.63, 3.8) is 0 Å². The third kappa shape index (κ3) is 22.1. The first kappa shape index (κ1) is 59.7. The SMILES string of the molecule is CC(=O)OC[C@H]1O[C@H](OCCOCCOCCNC(=O)c2cc(N)cc(C(=O)NCCOCCOCCO[C@H]3O[C@H](COC(C)=O)[C@@H](OC(C)=O)[C@H](OC(C)=O)[C@@H]3O)c2)[C@@H](OC(C)=O)[C@@H](OC(C)=O)[C@@H]1O. The van der Waals surface area contributed by atoms with Gasteiger partial charge in [0.2, 0.25) is 0 Å². The van der Waals surface area contributed by atoms with Crippen LogP contribution in [0.4, 0.5) is 5.69 Å². The van der Waals surface area contributed by atoms with Gasteiger partial charge in [-0.2, -0.15) is 0 Å². The molecular weight excluding hydrogens is 954 g/mol. The van der Waals surface area contributed by atoms with E-state index in [0.717, 1.165) is 41.5 Å². The van der Waals surface area contributed by atoms with Crippen LogP contribution < -0.4 is 16.4 Å². The second kappa shape index (κ2) is 31.7. The zero-order valence-electron chi connectivity index (χ0n) is 40.4. The molecule has 2 heterocycles. The van der Waals surface area contributed by atoms with Crippen LogP contribution in [0.15, 0.2) is 18.2 Å².